The molecule has 4 nitrogen and oxygen atoms in total. The van der Waals surface area contributed by atoms with E-state index in [9.17, 15) is 9.90 Å². The van der Waals surface area contributed by atoms with Crippen LogP contribution >= 0.6 is 0 Å². The molecule has 6 heteroatoms. The number of pyridine rings is 1. The van der Waals surface area contributed by atoms with Crippen LogP contribution in [-0.2, 0) is 30.3 Å². The van der Waals surface area contributed by atoms with E-state index in [1.165, 1.54) is 27.8 Å². The minimum Gasteiger partial charge on any atom is -0.512 e. The quantitative estimate of drug-likeness (QED) is 0.0658. The number of allylic oxidation sites excluding steroid dienone is 2. The van der Waals surface area contributed by atoms with Crippen molar-refractivity contribution in [3.8, 4) is 11.3 Å². The Morgan fingerprint density at radius 1 is 0.898 bits per heavy atom. The SMILES string of the molecule is CCC(CC)C(=O)/C=C(\O)C(CC)CC.Cc1c([Si](C)(C)c2ccccc2)oc2c(-c3[c-]c4ccccc4c(C(C)(C)C)c3)nccc12.[Ir]. The van der Waals surface area contributed by atoms with Gasteiger partial charge in [0.15, 0.2) is 13.9 Å². The van der Waals surface area contributed by atoms with E-state index < -0.39 is 8.07 Å². The number of aromatic nitrogens is 1. The number of benzene rings is 3. The molecule has 0 fully saturated rings. The zero-order valence-electron chi connectivity index (χ0n) is 31.0. The van der Waals surface area contributed by atoms with Crippen molar-refractivity contribution >= 4 is 46.2 Å². The van der Waals surface area contributed by atoms with Crippen LogP contribution in [0, 0.1) is 24.8 Å². The number of ketones is 1. The molecule has 2 heterocycles. The Labute approximate surface area is 308 Å². The van der Waals surface area contributed by atoms with Crippen LogP contribution in [0.25, 0.3) is 33.0 Å². The topological polar surface area (TPSA) is 63.3 Å². The molecule has 0 bridgehead atoms. The molecule has 5 aromatic rings. The van der Waals surface area contributed by atoms with Gasteiger partial charge in [0, 0.05) is 55.3 Å². The van der Waals surface area contributed by atoms with Crippen LogP contribution in [0.1, 0.15) is 85.3 Å². The third kappa shape index (κ3) is 8.89. The summed E-state index contributed by atoms with van der Waals surface area (Å²) in [5.74, 6) is 0.547. The second-order valence-electron chi connectivity index (χ2n) is 14.5. The Hall–Kier alpha value is -3.31. The minimum atomic E-state index is -2.00. The van der Waals surface area contributed by atoms with Gasteiger partial charge in [-0.2, -0.15) is 0 Å². The average Bonchev–Trinajstić information content (AvgIpc) is 3.42. The van der Waals surface area contributed by atoms with Crippen LogP contribution in [-0.4, -0.2) is 23.9 Å². The maximum Gasteiger partial charge on any atom is 0.162 e. The van der Waals surface area contributed by atoms with Crippen molar-refractivity contribution in [2.75, 3.05) is 0 Å². The molecule has 0 aliphatic rings. The van der Waals surface area contributed by atoms with E-state index in [4.69, 9.17) is 9.40 Å². The van der Waals surface area contributed by atoms with Crippen LogP contribution in [0.4, 0.5) is 0 Å². The molecule has 1 radical (unpaired) electrons. The number of nitrogens with zero attached hydrogens (tertiary/aromatic N) is 1. The van der Waals surface area contributed by atoms with Crippen LogP contribution in [0.5, 0.6) is 0 Å². The molecule has 0 saturated carbocycles. The van der Waals surface area contributed by atoms with Gasteiger partial charge in [-0.25, -0.2) is 0 Å². The third-order valence-electron chi connectivity index (χ3n) is 9.84. The molecule has 1 N–H and O–H groups in total. The first-order valence-electron chi connectivity index (χ1n) is 17.6. The summed E-state index contributed by atoms with van der Waals surface area (Å²) in [6.07, 6.45) is 6.81. The average molecular weight is 853 g/mol. The van der Waals surface area contributed by atoms with Crippen molar-refractivity contribution in [2.24, 2.45) is 11.8 Å². The number of rotatable bonds is 10. The van der Waals surface area contributed by atoms with Gasteiger partial charge in [0.2, 0.25) is 0 Å². The Balaban J connectivity index is 0.000000347. The van der Waals surface area contributed by atoms with Crippen LogP contribution in [0.3, 0.4) is 0 Å². The molecular formula is C43H54IrNO3Si-. The van der Waals surface area contributed by atoms with Crippen molar-refractivity contribution in [1.82, 2.24) is 4.98 Å². The first kappa shape index (κ1) is 40.1. The number of aryl methyl sites for hydroxylation is 1. The summed E-state index contributed by atoms with van der Waals surface area (Å²) in [5, 5.41) is 15.8. The van der Waals surface area contributed by atoms with Crippen LogP contribution in [0.15, 0.2) is 89.2 Å². The van der Waals surface area contributed by atoms with Gasteiger partial charge in [0.1, 0.15) is 5.58 Å². The van der Waals surface area contributed by atoms with Gasteiger partial charge < -0.3 is 9.52 Å². The summed E-state index contributed by atoms with van der Waals surface area (Å²) in [6.45, 7) is 21.8. The van der Waals surface area contributed by atoms with Crippen molar-refractivity contribution in [3.05, 3.63) is 102 Å². The third-order valence-corrected chi connectivity index (χ3v) is 13.2. The second kappa shape index (κ2) is 17.1. The van der Waals surface area contributed by atoms with Gasteiger partial charge >= 0.3 is 0 Å². The maximum absolute atomic E-state index is 11.7. The number of hydrogen-bond acceptors (Lipinski definition) is 4. The normalized spacial score (nSPS) is 12.3. The van der Waals surface area contributed by atoms with Gasteiger partial charge in [-0.05, 0) is 49.7 Å². The summed E-state index contributed by atoms with van der Waals surface area (Å²) in [7, 11) is -2.00. The van der Waals surface area contributed by atoms with E-state index in [0.717, 1.165) is 58.7 Å². The molecule has 0 saturated heterocycles. The molecule has 0 aliphatic carbocycles. The molecule has 49 heavy (non-hydrogen) atoms. The molecule has 0 amide bonds. The predicted octanol–water partition coefficient (Wildman–Crippen LogP) is 10.7. The van der Waals surface area contributed by atoms with E-state index in [1.807, 2.05) is 33.9 Å². The molecule has 0 atom stereocenters. The zero-order valence-corrected chi connectivity index (χ0v) is 34.4. The van der Waals surface area contributed by atoms with E-state index in [1.54, 1.807) is 0 Å². The number of carbonyl (C=O) groups is 1. The van der Waals surface area contributed by atoms with Crippen molar-refractivity contribution in [3.63, 3.8) is 0 Å². The van der Waals surface area contributed by atoms with Gasteiger partial charge in [-0.3, -0.25) is 9.78 Å². The fourth-order valence-electron chi connectivity index (χ4n) is 6.68. The van der Waals surface area contributed by atoms with Crippen molar-refractivity contribution in [2.45, 2.75) is 99.6 Å². The summed E-state index contributed by atoms with van der Waals surface area (Å²) >= 11 is 0. The maximum atomic E-state index is 11.7. The Kier molecular flexibility index (Phi) is 14.0. The van der Waals surface area contributed by atoms with Gasteiger partial charge in [0.05, 0.1) is 11.1 Å². The fraction of sp³-hybridized carbons (Fsp3) is 0.395. The Bertz CT molecular complexity index is 1880. The van der Waals surface area contributed by atoms with Crippen molar-refractivity contribution < 1.29 is 34.4 Å². The Morgan fingerprint density at radius 2 is 1.49 bits per heavy atom. The van der Waals surface area contributed by atoms with E-state index in [0.29, 0.717) is 0 Å². The van der Waals surface area contributed by atoms with Crippen molar-refractivity contribution in [1.29, 1.82) is 0 Å². The molecular weight excluding hydrogens is 799 g/mol. The molecule has 2 aromatic heterocycles. The summed E-state index contributed by atoms with van der Waals surface area (Å²) < 4.78 is 6.72. The van der Waals surface area contributed by atoms with Gasteiger partial charge in [0.25, 0.3) is 0 Å². The monoisotopic (exact) mass is 853 g/mol. The zero-order chi connectivity index (χ0) is 35.2. The first-order valence-corrected chi connectivity index (χ1v) is 20.6. The van der Waals surface area contributed by atoms with E-state index >= 15 is 0 Å². The number of aliphatic hydroxyl groups is 1. The minimum absolute atomic E-state index is 0. The van der Waals surface area contributed by atoms with E-state index in [-0.39, 0.29) is 48.9 Å². The number of fused-ring (bicyclic) bond motifs is 2. The molecule has 5 rings (SSSR count). The number of carbonyl (C=O) groups excluding carboxylic acids is 1. The number of aliphatic hydroxyl groups excluding tert-OH is 1. The van der Waals surface area contributed by atoms with Crippen LogP contribution in [0.2, 0.25) is 13.1 Å². The van der Waals surface area contributed by atoms with Gasteiger partial charge in [-0.1, -0.05) is 126 Å². The molecule has 0 unspecified atom stereocenters. The van der Waals surface area contributed by atoms with E-state index in [2.05, 4.69) is 114 Å². The standard InChI is InChI=1S/C30H30NOSi.C13H24O2.Ir/c1-20-24-16-17-31-27(28(24)32-29(20)33(5,6)23-13-8-7-9-14-23)22-18-21-12-10-11-15-25(21)26(19-22)30(2,3)4;1-5-10(6-2)12(14)9-13(15)11(7-3)8-4;/h7-17,19H,1-6H3;9-11,14H,5-8H2,1-4H3;/q-1;;/b;12-9-;. The van der Waals surface area contributed by atoms with Gasteiger partial charge in [-0.15, -0.1) is 29.1 Å². The number of furan rings is 1. The first-order chi connectivity index (χ1) is 22.8. The largest absolute Gasteiger partial charge is 0.512 e. The summed E-state index contributed by atoms with van der Waals surface area (Å²) in [4.78, 5) is 16.5. The molecule has 0 spiro atoms. The molecule has 263 valence electrons. The molecule has 3 aromatic carbocycles. The van der Waals surface area contributed by atoms with Crippen LogP contribution < -0.4 is 10.6 Å². The number of hydrogen-bond donors (Lipinski definition) is 1. The molecule has 0 aliphatic heterocycles. The summed E-state index contributed by atoms with van der Waals surface area (Å²) in [6, 6.07) is 27.2. The smallest absolute Gasteiger partial charge is 0.162 e. The fourth-order valence-corrected chi connectivity index (χ4v) is 9.40. The second-order valence-corrected chi connectivity index (χ2v) is 18.8. The predicted molar refractivity (Wildman–Crippen MR) is 206 cm³/mol. The Morgan fingerprint density at radius 3 is 2.08 bits per heavy atom. The summed E-state index contributed by atoms with van der Waals surface area (Å²) in [5.41, 5.74) is 5.26.